The van der Waals surface area contributed by atoms with Crippen LogP contribution in [0.3, 0.4) is 0 Å². The highest BCUT2D eigenvalue weighted by Crippen LogP contribution is 2.10. The van der Waals surface area contributed by atoms with Gasteiger partial charge in [0.1, 0.15) is 0 Å². The van der Waals surface area contributed by atoms with Crippen LogP contribution in [0.5, 0.6) is 0 Å². The smallest absolute Gasteiger partial charge is 0.0703 e. The molecule has 1 N–H and O–H groups in total. The number of nitrogens with zero attached hydrogens (tertiary/aromatic N) is 2. The van der Waals surface area contributed by atoms with Gasteiger partial charge in [0.05, 0.1) is 11.8 Å². The highest BCUT2D eigenvalue weighted by atomic mass is 16.5. The summed E-state index contributed by atoms with van der Waals surface area (Å²) >= 11 is 0. The standard InChI is InChI=1S/C14H27N3O/c1-6-8-15-14(12(4)18-7-2)10-13-9-11(3)16-17(13)5/h9,12,14-15H,6-8,10H2,1-5H3. The van der Waals surface area contributed by atoms with Crippen LogP contribution in [-0.2, 0) is 18.2 Å². The first-order valence-electron chi connectivity index (χ1n) is 6.93. The summed E-state index contributed by atoms with van der Waals surface area (Å²) in [5, 5.41) is 7.97. The average molecular weight is 253 g/mol. The molecule has 0 aromatic carbocycles. The molecule has 2 unspecified atom stereocenters. The first-order valence-corrected chi connectivity index (χ1v) is 6.93. The van der Waals surface area contributed by atoms with Crippen molar-refractivity contribution in [3.8, 4) is 0 Å². The normalized spacial score (nSPS) is 14.7. The van der Waals surface area contributed by atoms with Crippen LogP contribution in [0.1, 0.15) is 38.6 Å². The van der Waals surface area contributed by atoms with Crippen molar-refractivity contribution in [3.05, 3.63) is 17.5 Å². The molecule has 0 fully saturated rings. The summed E-state index contributed by atoms with van der Waals surface area (Å²) < 4.78 is 7.69. The number of rotatable bonds is 8. The molecule has 0 aliphatic carbocycles. The Morgan fingerprint density at radius 3 is 2.67 bits per heavy atom. The predicted molar refractivity (Wildman–Crippen MR) is 74.8 cm³/mol. The van der Waals surface area contributed by atoms with Crippen LogP contribution in [0.4, 0.5) is 0 Å². The molecule has 0 spiro atoms. The Hall–Kier alpha value is -0.870. The third kappa shape index (κ3) is 4.42. The van der Waals surface area contributed by atoms with Gasteiger partial charge in [-0.15, -0.1) is 0 Å². The van der Waals surface area contributed by atoms with Crippen molar-refractivity contribution in [2.45, 2.75) is 52.7 Å². The van der Waals surface area contributed by atoms with E-state index in [1.165, 1.54) is 5.69 Å². The van der Waals surface area contributed by atoms with E-state index in [2.05, 4.69) is 30.3 Å². The number of aryl methyl sites for hydroxylation is 2. The molecule has 18 heavy (non-hydrogen) atoms. The molecule has 0 aliphatic heterocycles. The topological polar surface area (TPSA) is 39.1 Å². The van der Waals surface area contributed by atoms with E-state index in [9.17, 15) is 0 Å². The van der Waals surface area contributed by atoms with Gasteiger partial charge in [0.25, 0.3) is 0 Å². The number of nitrogens with one attached hydrogen (secondary N) is 1. The Balaban J connectivity index is 2.67. The van der Waals surface area contributed by atoms with Crippen LogP contribution in [0.25, 0.3) is 0 Å². The van der Waals surface area contributed by atoms with E-state index in [1.807, 2.05) is 25.6 Å². The molecular weight excluding hydrogens is 226 g/mol. The second-order valence-corrected chi connectivity index (χ2v) is 4.83. The SMILES string of the molecule is CCCNC(Cc1cc(C)nn1C)C(C)OCC. The molecule has 0 aliphatic rings. The number of hydrogen-bond donors (Lipinski definition) is 1. The molecule has 0 bridgehead atoms. The third-order valence-electron chi connectivity index (χ3n) is 3.18. The predicted octanol–water partition coefficient (Wildman–Crippen LogP) is 2.06. The zero-order chi connectivity index (χ0) is 13.5. The van der Waals surface area contributed by atoms with E-state index >= 15 is 0 Å². The minimum atomic E-state index is 0.219. The molecule has 1 rings (SSSR count). The quantitative estimate of drug-likeness (QED) is 0.771. The highest BCUT2D eigenvalue weighted by molar-refractivity contribution is 5.10. The fourth-order valence-electron chi connectivity index (χ4n) is 2.19. The molecule has 1 heterocycles. The zero-order valence-electron chi connectivity index (χ0n) is 12.4. The van der Waals surface area contributed by atoms with E-state index < -0.39 is 0 Å². The molecular formula is C14H27N3O. The summed E-state index contributed by atoms with van der Waals surface area (Å²) in [6, 6.07) is 2.50. The van der Waals surface area contributed by atoms with Gasteiger partial charge in [0.2, 0.25) is 0 Å². The first-order chi connectivity index (χ1) is 8.58. The fraction of sp³-hybridized carbons (Fsp3) is 0.786. The highest BCUT2D eigenvalue weighted by Gasteiger charge is 2.19. The Morgan fingerprint density at radius 2 is 2.17 bits per heavy atom. The van der Waals surface area contributed by atoms with Gasteiger partial charge in [-0.2, -0.15) is 5.10 Å². The first kappa shape index (κ1) is 15.2. The molecule has 4 heteroatoms. The van der Waals surface area contributed by atoms with Crippen LogP contribution < -0.4 is 5.32 Å². The maximum Gasteiger partial charge on any atom is 0.0703 e. The Labute approximate surface area is 111 Å². The van der Waals surface area contributed by atoms with Crippen molar-refractivity contribution >= 4 is 0 Å². The minimum Gasteiger partial charge on any atom is -0.377 e. The van der Waals surface area contributed by atoms with Gasteiger partial charge in [-0.1, -0.05) is 6.92 Å². The molecule has 0 radical (unpaired) electrons. The molecule has 1 aromatic heterocycles. The average Bonchev–Trinajstić information content (AvgIpc) is 2.63. The lowest BCUT2D eigenvalue weighted by molar-refractivity contribution is 0.0472. The van der Waals surface area contributed by atoms with Crippen LogP contribution in [-0.4, -0.2) is 35.1 Å². The molecule has 0 saturated carbocycles. The van der Waals surface area contributed by atoms with Crippen molar-refractivity contribution in [2.75, 3.05) is 13.2 Å². The van der Waals surface area contributed by atoms with Crippen molar-refractivity contribution in [1.29, 1.82) is 0 Å². The van der Waals surface area contributed by atoms with Crippen LogP contribution in [0, 0.1) is 6.92 Å². The Morgan fingerprint density at radius 1 is 1.44 bits per heavy atom. The van der Waals surface area contributed by atoms with Crippen molar-refractivity contribution in [1.82, 2.24) is 15.1 Å². The van der Waals surface area contributed by atoms with Gasteiger partial charge in [-0.25, -0.2) is 0 Å². The Kier molecular flexibility index (Phi) is 6.36. The lowest BCUT2D eigenvalue weighted by Gasteiger charge is -2.25. The van der Waals surface area contributed by atoms with E-state index in [-0.39, 0.29) is 6.10 Å². The maximum absolute atomic E-state index is 5.73. The lowest BCUT2D eigenvalue weighted by atomic mass is 10.1. The van der Waals surface area contributed by atoms with E-state index in [1.54, 1.807) is 0 Å². The van der Waals surface area contributed by atoms with Crippen molar-refractivity contribution < 1.29 is 4.74 Å². The van der Waals surface area contributed by atoms with Gasteiger partial charge >= 0.3 is 0 Å². The molecule has 4 nitrogen and oxygen atoms in total. The largest absolute Gasteiger partial charge is 0.377 e. The third-order valence-corrected chi connectivity index (χ3v) is 3.18. The van der Waals surface area contributed by atoms with Gasteiger partial charge in [0.15, 0.2) is 0 Å². The number of aromatic nitrogens is 2. The van der Waals surface area contributed by atoms with Crippen molar-refractivity contribution in [3.63, 3.8) is 0 Å². The second kappa shape index (κ2) is 7.54. The summed E-state index contributed by atoms with van der Waals surface area (Å²) in [6.45, 7) is 10.2. The zero-order valence-corrected chi connectivity index (χ0v) is 12.4. The molecule has 1 aromatic rings. The fourth-order valence-corrected chi connectivity index (χ4v) is 2.19. The number of ether oxygens (including phenoxy) is 1. The summed E-state index contributed by atoms with van der Waals surface area (Å²) in [7, 11) is 2.00. The van der Waals surface area contributed by atoms with Crippen LogP contribution in [0.15, 0.2) is 6.07 Å². The van der Waals surface area contributed by atoms with Crippen LogP contribution >= 0.6 is 0 Å². The molecule has 0 saturated heterocycles. The minimum absolute atomic E-state index is 0.219. The molecule has 0 amide bonds. The van der Waals surface area contributed by atoms with Crippen LogP contribution in [0.2, 0.25) is 0 Å². The number of hydrogen-bond acceptors (Lipinski definition) is 3. The molecule has 104 valence electrons. The van der Waals surface area contributed by atoms with Crippen molar-refractivity contribution in [2.24, 2.45) is 7.05 Å². The maximum atomic E-state index is 5.73. The van der Waals surface area contributed by atoms with E-state index in [4.69, 9.17) is 4.74 Å². The van der Waals surface area contributed by atoms with Gasteiger partial charge in [0, 0.05) is 31.8 Å². The van der Waals surface area contributed by atoms with Gasteiger partial charge < -0.3 is 10.1 Å². The monoisotopic (exact) mass is 253 g/mol. The summed E-state index contributed by atoms with van der Waals surface area (Å²) in [4.78, 5) is 0. The van der Waals surface area contributed by atoms with Gasteiger partial charge in [-0.3, -0.25) is 4.68 Å². The summed E-state index contributed by atoms with van der Waals surface area (Å²) in [5.74, 6) is 0. The lowest BCUT2D eigenvalue weighted by Crippen LogP contribution is -2.42. The van der Waals surface area contributed by atoms with Gasteiger partial charge in [-0.05, 0) is 39.8 Å². The summed E-state index contributed by atoms with van der Waals surface area (Å²) in [6.07, 6.45) is 2.31. The summed E-state index contributed by atoms with van der Waals surface area (Å²) in [5.41, 5.74) is 2.33. The van der Waals surface area contributed by atoms with E-state index in [0.717, 1.165) is 31.7 Å². The van der Waals surface area contributed by atoms with E-state index in [0.29, 0.717) is 6.04 Å². The molecule has 2 atom stereocenters. The second-order valence-electron chi connectivity index (χ2n) is 4.83. The Bertz CT molecular complexity index is 349.